The lowest BCUT2D eigenvalue weighted by Gasteiger charge is -2.20. The molecule has 2 rings (SSSR count). The number of hydrogen-bond acceptors (Lipinski definition) is 5. The number of ether oxygens (including phenoxy) is 1. The lowest BCUT2D eigenvalue weighted by atomic mass is 10.1. The SMILES string of the molecule is Cc1cnc(NC(C)C2CCCO2)c([N+](=O)[O-])c1. The molecule has 0 radical (unpaired) electrons. The average Bonchev–Trinajstić information content (AvgIpc) is 2.84. The molecule has 6 heteroatoms. The predicted molar refractivity (Wildman–Crippen MR) is 67.7 cm³/mol. The molecule has 6 nitrogen and oxygen atoms in total. The fraction of sp³-hybridized carbons (Fsp3) is 0.583. The highest BCUT2D eigenvalue weighted by Crippen LogP contribution is 2.25. The Bertz CT molecular complexity index is 444. The maximum Gasteiger partial charge on any atom is 0.311 e. The minimum absolute atomic E-state index is 0.0137. The summed E-state index contributed by atoms with van der Waals surface area (Å²) in [5.41, 5.74) is 0.789. The topological polar surface area (TPSA) is 77.3 Å². The van der Waals surface area contributed by atoms with Crippen LogP contribution in [-0.2, 0) is 4.74 Å². The summed E-state index contributed by atoms with van der Waals surface area (Å²) < 4.78 is 5.55. The molecule has 98 valence electrons. The molecule has 1 aliphatic heterocycles. The molecular weight excluding hydrogens is 234 g/mol. The molecule has 0 spiro atoms. The van der Waals surface area contributed by atoms with E-state index in [2.05, 4.69) is 10.3 Å². The van der Waals surface area contributed by atoms with Crippen LogP contribution in [0.1, 0.15) is 25.3 Å². The third-order valence-corrected chi connectivity index (χ3v) is 3.09. The smallest absolute Gasteiger partial charge is 0.311 e. The van der Waals surface area contributed by atoms with E-state index in [9.17, 15) is 10.1 Å². The van der Waals surface area contributed by atoms with Gasteiger partial charge in [-0.25, -0.2) is 4.98 Å². The van der Waals surface area contributed by atoms with Gasteiger partial charge in [-0.3, -0.25) is 10.1 Å². The molecule has 2 unspecified atom stereocenters. The zero-order valence-corrected chi connectivity index (χ0v) is 10.5. The lowest BCUT2D eigenvalue weighted by molar-refractivity contribution is -0.384. The molecule has 0 bridgehead atoms. The highest BCUT2D eigenvalue weighted by Gasteiger charge is 2.25. The summed E-state index contributed by atoms with van der Waals surface area (Å²) >= 11 is 0. The summed E-state index contributed by atoms with van der Waals surface area (Å²) in [5, 5.41) is 14.1. The van der Waals surface area contributed by atoms with Gasteiger partial charge in [0, 0.05) is 18.9 Å². The monoisotopic (exact) mass is 251 g/mol. The van der Waals surface area contributed by atoms with Crippen LogP contribution in [0.15, 0.2) is 12.3 Å². The molecule has 0 saturated carbocycles. The second-order valence-electron chi connectivity index (χ2n) is 4.62. The van der Waals surface area contributed by atoms with E-state index in [1.807, 2.05) is 6.92 Å². The van der Waals surface area contributed by atoms with E-state index in [0.29, 0.717) is 5.82 Å². The van der Waals surface area contributed by atoms with Crippen molar-refractivity contribution in [3.63, 3.8) is 0 Å². The molecular formula is C12H17N3O3. The molecule has 0 aromatic carbocycles. The van der Waals surface area contributed by atoms with Crippen LogP contribution in [0.3, 0.4) is 0 Å². The molecule has 2 atom stereocenters. The van der Waals surface area contributed by atoms with Gasteiger partial charge in [0.1, 0.15) is 0 Å². The summed E-state index contributed by atoms with van der Waals surface area (Å²) in [6, 6.07) is 1.54. The van der Waals surface area contributed by atoms with Crippen molar-refractivity contribution >= 4 is 11.5 Å². The largest absolute Gasteiger partial charge is 0.376 e. The standard InChI is InChI=1S/C12H17N3O3/c1-8-6-10(15(16)17)12(13-7-8)14-9(2)11-4-3-5-18-11/h6-7,9,11H,3-5H2,1-2H3,(H,13,14). The first-order valence-electron chi connectivity index (χ1n) is 6.07. The Labute approximate surface area is 106 Å². The van der Waals surface area contributed by atoms with Gasteiger partial charge < -0.3 is 10.1 Å². The van der Waals surface area contributed by atoms with Gasteiger partial charge in [-0.2, -0.15) is 0 Å². The number of hydrogen-bond donors (Lipinski definition) is 1. The molecule has 2 heterocycles. The predicted octanol–water partition coefficient (Wildman–Crippen LogP) is 2.28. The molecule has 1 saturated heterocycles. The van der Waals surface area contributed by atoms with E-state index in [0.717, 1.165) is 25.0 Å². The van der Waals surface area contributed by atoms with Crippen LogP contribution >= 0.6 is 0 Å². The van der Waals surface area contributed by atoms with Gasteiger partial charge in [0.15, 0.2) is 0 Å². The van der Waals surface area contributed by atoms with Crippen LogP contribution in [0.25, 0.3) is 0 Å². The van der Waals surface area contributed by atoms with Gasteiger partial charge in [-0.15, -0.1) is 0 Å². The van der Waals surface area contributed by atoms with Crippen molar-refractivity contribution < 1.29 is 9.66 Å². The van der Waals surface area contributed by atoms with E-state index < -0.39 is 4.92 Å². The Morgan fingerprint density at radius 2 is 2.44 bits per heavy atom. The van der Waals surface area contributed by atoms with Gasteiger partial charge in [0.25, 0.3) is 0 Å². The van der Waals surface area contributed by atoms with Crippen LogP contribution in [0, 0.1) is 17.0 Å². The quantitative estimate of drug-likeness (QED) is 0.656. The van der Waals surface area contributed by atoms with Crippen molar-refractivity contribution in [1.29, 1.82) is 0 Å². The molecule has 0 amide bonds. The maximum atomic E-state index is 11.0. The van der Waals surface area contributed by atoms with Crippen molar-refractivity contribution in [3.8, 4) is 0 Å². The van der Waals surface area contributed by atoms with Crippen molar-refractivity contribution in [2.45, 2.75) is 38.8 Å². The van der Waals surface area contributed by atoms with Gasteiger partial charge in [-0.1, -0.05) is 0 Å². The van der Waals surface area contributed by atoms with E-state index in [4.69, 9.17) is 4.74 Å². The van der Waals surface area contributed by atoms with Gasteiger partial charge in [-0.05, 0) is 32.3 Å². The number of nitrogens with one attached hydrogen (secondary N) is 1. The highest BCUT2D eigenvalue weighted by molar-refractivity contribution is 5.57. The van der Waals surface area contributed by atoms with E-state index in [-0.39, 0.29) is 17.8 Å². The van der Waals surface area contributed by atoms with Crippen LogP contribution < -0.4 is 5.32 Å². The van der Waals surface area contributed by atoms with Gasteiger partial charge >= 0.3 is 5.69 Å². The first kappa shape index (κ1) is 12.8. The first-order valence-corrected chi connectivity index (χ1v) is 6.07. The number of pyridine rings is 1. The molecule has 1 aromatic rings. The molecule has 0 aliphatic carbocycles. The second kappa shape index (κ2) is 5.30. The zero-order valence-electron chi connectivity index (χ0n) is 10.5. The minimum Gasteiger partial charge on any atom is -0.376 e. The minimum atomic E-state index is -0.412. The number of aryl methyl sites for hydroxylation is 1. The van der Waals surface area contributed by atoms with Crippen LogP contribution in [-0.4, -0.2) is 28.7 Å². The number of anilines is 1. The number of rotatable bonds is 4. The van der Waals surface area contributed by atoms with Gasteiger partial charge in [0.05, 0.1) is 17.1 Å². The Balaban J connectivity index is 2.15. The summed E-state index contributed by atoms with van der Waals surface area (Å²) in [6.07, 6.45) is 3.75. The Hall–Kier alpha value is -1.69. The van der Waals surface area contributed by atoms with E-state index in [1.165, 1.54) is 6.07 Å². The summed E-state index contributed by atoms with van der Waals surface area (Å²) in [5.74, 6) is 0.314. The lowest BCUT2D eigenvalue weighted by Crippen LogP contribution is -2.30. The molecule has 1 N–H and O–H groups in total. The summed E-state index contributed by atoms with van der Waals surface area (Å²) in [4.78, 5) is 14.7. The van der Waals surface area contributed by atoms with Crippen LogP contribution in [0.5, 0.6) is 0 Å². The number of aromatic nitrogens is 1. The fourth-order valence-corrected chi connectivity index (χ4v) is 2.11. The average molecular weight is 251 g/mol. The first-order chi connectivity index (χ1) is 8.58. The van der Waals surface area contributed by atoms with Crippen molar-refractivity contribution in [1.82, 2.24) is 4.98 Å². The van der Waals surface area contributed by atoms with Crippen LogP contribution in [0.4, 0.5) is 11.5 Å². The molecule has 18 heavy (non-hydrogen) atoms. The van der Waals surface area contributed by atoms with Crippen molar-refractivity contribution in [3.05, 3.63) is 27.9 Å². The van der Waals surface area contributed by atoms with Gasteiger partial charge in [0.2, 0.25) is 5.82 Å². The number of nitrogens with zero attached hydrogens (tertiary/aromatic N) is 2. The van der Waals surface area contributed by atoms with Crippen molar-refractivity contribution in [2.75, 3.05) is 11.9 Å². The molecule has 1 aromatic heterocycles. The molecule has 1 aliphatic rings. The maximum absolute atomic E-state index is 11.0. The highest BCUT2D eigenvalue weighted by atomic mass is 16.6. The Morgan fingerprint density at radius 1 is 1.67 bits per heavy atom. The Morgan fingerprint density at radius 3 is 3.06 bits per heavy atom. The van der Waals surface area contributed by atoms with E-state index in [1.54, 1.807) is 13.1 Å². The number of nitro groups is 1. The summed E-state index contributed by atoms with van der Waals surface area (Å²) in [6.45, 7) is 4.51. The normalized spacial score (nSPS) is 20.7. The second-order valence-corrected chi connectivity index (χ2v) is 4.62. The van der Waals surface area contributed by atoms with Crippen LogP contribution in [0.2, 0.25) is 0 Å². The fourth-order valence-electron chi connectivity index (χ4n) is 2.11. The van der Waals surface area contributed by atoms with E-state index >= 15 is 0 Å². The summed E-state index contributed by atoms with van der Waals surface area (Å²) in [7, 11) is 0. The zero-order chi connectivity index (χ0) is 13.1. The third kappa shape index (κ3) is 2.76. The van der Waals surface area contributed by atoms with Crippen molar-refractivity contribution in [2.24, 2.45) is 0 Å². The molecule has 1 fully saturated rings. The third-order valence-electron chi connectivity index (χ3n) is 3.09. The Kier molecular flexibility index (Phi) is 3.76.